The van der Waals surface area contributed by atoms with Crippen LogP contribution >= 0.6 is 34.5 Å². The van der Waals surface area contributed by atoms with Crippen LogP contribution in [0.25, 0.3) is 0 Å². The lowest BCUT2D eigenvalue weighted by atomic mass is 10.2. The molecule has 3 N–H and O–H groups in total. The Morgan fingerprint density at radius 2 is 1.79 bits per heavy atom. The van der Waals surface area contributed by atoms with Crippen LogP contribution in [0.4, 0.5) is 10.8 Å². The van der Waals surface area contributed by atoms with Gasteiger partial charge in [0.2, 0.25) is 5.91 Å². The summed E-state index contributed by atoms with van der Waals surface area (Å²) in [5, 5.41) is 11.0. The van der Waals surface area contributed by atoms with Gasteiger partial charge in [-0.2, -0.15) is 0 Å². The number of halogens is 2. The third-order valence-corrected chi connectivity index (χ3v) is 5.61. The van der Waals surface area contributed by atoms with Gasteiger partial charge in [0.05, 0.1) is 22.8 Å². The highest BCUT2D eigenvalue weighted by Crippen LogP contribution is 2.22. The van der Waals surface area contributed by atoms with Crippen LogP contribution in [0.1, 0.15) is 21.6 Å². The molecule has 1 aromatic heterocycles. The number of esters is 1. The summed E-state index contributed by atoms with van der Waals surface area (Å²) in [7, 11) is 0. The lowest BCUT2D eigenvalue weighted by Crippen LogP contribution is -2.39. The third-order valence-electron chi connectivity index (χ3n) is 4.25. The summed E-state index contributed by atoms with van der Waals surface area (Å²) in [6, 6.07) is 12.3. The van der Waals surface area contributed by atoms with Gasteiger partial charge >= 0.3 is 5.97 Å². The molecule has 0 saturated heterocycles. The number of nitrogens with one attached hydrogen (secondary N) is 3. The number of hydrogen-bond donors (Lipinski definition) is 3. The van der Waals surface area contributed by atoms with Crippen molar-refractivity contribution in [1.29, 1.82) is 0 Å². The molecule has 11 heteroatoms. The molecule has 1 heterocycles. The largest absolute Gasteiger partial charge is 0.458 e. The SMILES string of the molecule is Cc1ccc(Nc2nc(COC(=O)CNC(=O)CNC(=O)c3ccc(Cl)cc3Cl)cs2)cc1. The summed E-state index contributed by atoms with van der Waals surface area (Å²) in [5.74, 6) is -1.71. The van der Waals surface area contributed by atoms with E-state index in [9.17, 15) is 14.4 Å². The van der Waals surface area contributed by atoms with Crippen LogP contribution < -0.4 is 16.0 Å². The number of ether oxygens (including phenoxy) is 1. The molecule has 3 aromatic rings. The van der Waals surface area contributed by atoms with Crippen molar-refractivity contribution in [2.75, 3.05) is 18.4 Å². The van der Waals surface area contributed by atoms with Crippen molar-refractivity contribution in [2.45, 2.75) is 13.5 Å². The Hall–Kier alpha value is -3.14. The van der Waals surface area contributed by atoms with E-state index >= 15 is 0 Å². The Labute approximate surface area is 204 Å². The molecule has 0 radical (unpaired) electrons. The van der Waals surface area contributed by atoms with Crippen LogP contribution in [0.3, 0.4) is 0 Å². The van der Waals surface area contributed by atoms with Crippen LogP contribution in [0, 0.1) is 6.92 Å². The molecule has 0 fully saturated rings. The zero-order chi connectivity index (χ0) is 23.8. The average molecular weight is 507 g/mol. The first-order chi connectivity index (χ1) is 15.8. The van der Waals surface area contributed by atoms with Gasteiger partial charge in [0.1, 0.15) is 13.2 Å². The Balaban J connectivity index is 1.36. The molecule has 3 rings (SSSR count). The van der Waals surface area contributed by atoms with E-state index in [1.165, 1.54) is 29.5 Å². The second-order valence-electron chi connectivity index (χ2n) is 6.88. The van der Waals surface area contributed by atoms with Gasteiger partial charge in [0.25, 0.3) is 5.91 Å². The van der Waals surface area contributed by atoms with E-state index in [0.717, 1.165) is 11.3 Å². The molecule has 172 valence electrons. The van der Waals surface area contributed by atoms with Crippen molar-refractivity contribution in [3.63, 3.8) is 0 Å². The van der Waals surface area contributed by atoms with E-state index < -0.39 is 17.8 Å². The maximum atomic E-state index is 12.1. The zero-order valence-electron chi connectivity index (χ0n) is 17.5. The molecule has 0 unspecified atom stereocenters. The molecule has 0 bridgehead atoms. The molecule has 2 aromatic carbocycles. The van der Waals surface area contributed by atoms with E-state index in [1.54, 1.807) is 5.38 Å². The minimum Gasteiger partial charge on any atom is -0.458 e. The quantitative estimate of drug-likeness (QED) is 0.377. The second-order valence-corrected chi connectivity index (χ2v) is 8.58. The Kier molecular flexibility index (Phi) is 8.65. The standard InChI is InChI=1S/C22H20Cl2N4O4S/c1-13-2-5-15(6-3-13)27-22-28-16(12-33-22)11-32-20(30)10-25-19(29)9-26-21(31)17-7-4-14(23)8-18(17)24/h2-8,12H,9-11H2,1H3,(H,25,29)(H,26,31)(H,27,28). The van der Waals surface area contributed by atoms with Crippen molar-refractivity contribution in [1.82, 2.24) is 15.6 Å². The lowest BCUT2D eigenvalue weighted by molar-refractivity contribution is -0.145. The van der Waals surface area contributed by atoms with Crippen LogP contribution in [0.2, 0.25) is 10.0 Å². The number of thiazole rings is 1. The summed E-state index contributed by atoms with van der Waals surface area (Å²) in [6.07, 6.45) is 0. The number of nitrogens with zero attached hydrogens (tertiary/aromatic N) is 1. The monoisotopic (exact) mass is 506 g/mol. The fourth-order valence-corrected chi connectivity index (χ4v) is 3.77. The highest BCUT2D eigenvalue weighted by atomic mass is 35.5. The normalized spacial score (nSPS) is 10.4. The highest BCUT2D eigenvalue weighted by Gasteiger charge is 2.13. The topological polar surface area (TPSA) is 109 Å². The Morgan fingerprint density at radius 1 is 1.03 bits per heavy atom. The first-order valence-corrected chi connectivity index (χ1v) is 11.4. The number of benzene rings is 2. The maximum Gasteiger partial charge on any atom is 0.325 e. The van der Waals surface area contributed by atoms with E-state index in [0.29, 0.717) is 15.8 Å². The average Bonchev–Trinajstić information content (AvgIpc) is 3.23. The van der Waals surface area contributed by atoms with Gasteiger partial charge in [0, 0.05) is 16.1 Å². The summed E-state index contributed by atoms with van der Waals surface area (Å²) in [6.45, 7) is 1.32. The third kappa shape index (κ3) is 7.74. The predicted octanol–water partition coefficient (Wildman–Crippen LogP) is 4.09. The van der Waals surface area contributed by atoms with E-state index in [-0.39, 0.29) is 30.3 Å². The highest BCUT2D eigenvalue weighted by molar-refractivity contribution is 7.13. The Bertz CT molecular complexity index is 1150. The van der Waals surface area contributed by atoms with Gasteiger partial charge in [-0.1, -0.05) is 40.9 Å². The van der Waals surface area contributed by atoms with E-state index in [2.05, 4.69) is 20.9 Å². The summed E-state index contributed by atoms with van der Waals surface area (Å²) >= 11 is 13.1. The molecule has 2 amide bonds. The fraction of sp³-hybridized carbons (Fsp3) is 0.182. The van der Waals surface area contributed by atoms with Crippen molar-refractivity contribution < 1.29 is 19.1 Å². The first-order valence-electron chi connectivity index (χ1n) is 9.74. The summed E-state index contributed by atoms with van der Waals surface area (Å²) < 4.78 is 5.13. The van der Waals surface area contributed by atoms with Crippen molar-refractivity contribution in [3.8, 4) is 0 Å². The number of carbonyl (C=O) groups excluding carboxylic acids is 3. The van der Waals surface area contributed by atoms with Crippen molar-refractivity contribution >= 4 is 63.1 Å². The molecular formula is C22H20Cl2N4O4S. The molecule has 0 aliphatic rings. The van der Waals surface area contributed by atoms with Crippen LogP contribution in [0.5, 0.6) is 0 Å². The molecule has 8 nitrogen and oxygen atoms in total. The molecule has 33 heavy (non-hydrogen) atoms. The zero-order valence-corrected chi connectivity index (χ0v) is 19.8. The number of aromatic nitrogens is 1. The number of carbonyl (C=O) groups is 3. The smallest absolute Gasteiger partial charge is 0.325 e. The van der Waals surface area contributed by atoms with Gasteiger partial charge in [-0.25, -0.2) is 4.98 Å². The Morgan fingerprint density at radius 3 is 2.52 bits per heavy atom. The van der Waals surface area contributed by atoms with Gasteiger partial charge in [0.15, 0.2) is 5.13 Å². The second kappa shape index (κ2) is 11.6. The van der Waals surface area contributed by atoms with E-state index in [1.807, 2.05) is 31.2 Å². The summed E-state index contributed by atoms with van der Waals surface area (Å²) in [4.78, 5) is 40.2. The van der Waals surface area contributed by atoms with E-state index in [4.69, 9.17) is 27.9 Å². The molecule has 0 spiro atoms. The molecular weight excluding hydrogens is 487 g/mol. The molecule has 0 atom stereocenters. The fourth-order valence-electron chi connectivity index (χ4n) is 2.56. The minimum absolute atomic E-state index is 0.0212. The number of amides is 2. The van der Waals surface area contributed by atoms with Gasteiger partial charge in [-0.3, -0.25) is 14.4 Å². The first kappa shape index (κ1) is 24.5. The van der Waals surface area contributed by atoms with Gasteiger partial charge < -0.3 is 20.7 Å². The lowest BCUT2D eigenvalue weighted by Gasteiger charge is -2.08. The number of hydrogen-bond acceptors (Lipinski definition) is 7. The van der Waals surface area contributed by atoms with Gasteiger partial charge in [-0.15, -0.1) is 11.3 Å². The molecule has 0 aliphatic heterocycles. The predicted molar refractivity (Wildman–Crippen MR) is 128 cm³/mol. The minimum atomic E-state index is -0.628. The van der Waals surface area contributed by atoms with Gasteiger partial charge in [-0.05, 0) is 37.3 Å². The maximum absolute atomic E-state index is 12.1. The van der Waals surface area contributed by atoms with Crippen LogP contribution in [-0.4, -0.2) is 35.9 Å². The van der Waals surface area contributed by atoms with Crippen molar-refractivity contribution in [3.05, 3.63) is 74.7 Å². The number of anilines is 2. The number of aryl methyl sites for hydroxylation is 1. The van der Waals surface area contributed by atoms with Crippen LogP contribution in [0.15, 0.2) is 47.8 Å². The summed E-state index contributed by atoms with van der Waals surface area (Å²) in [5.41, 5.74) is 2.84. The van der Waals surface area contributed by atoms with Crippen LogP contribution in [-0.2, 0) is 20.9 Å². The number of rotatable bonds is 9. The molecule has 0 aliphatic carbocycles. The molecule has 0 saturated carbocycles. The van der Waals surface area contributed by atoms with Crippen molar-refractivity contribution in [2.24, 2.45) is 0 Å².